The number of aliphatic hydroxyl groups excluding tert-OH is 1. The fraction of sp³-hybridized carbons (Fsp3) is 0.583. The van der Waals surface area contributed by atoms with Crippen LogP contribution in [0.4, 0.5) is 0 Å². The summed E-state index contributed by atoms with van der Waals surface area (Å²) in [6.07, 6.45) is 4.57. The number of furan rings is 1. The molecule has 1 amide bonds. The van der Waals surface area contributed by atoms with Crippen LogP contribution < -0.4 is 5.32 Å². The third-order valence-corrected chi connectivity index (χ3v) is 3.06. The Morgan fingerprint density at radius 1 is 1.62 bits per heavy atom. The molecule has 0 aromatic carbocycles. The molecule has 1 fully saturated rings. The van der Waals surface area contributed by atoms with Gasteiger partial charge in [-0.25, -0.2) is 0 Å². The molecule has 1 aromatic heterocycles. The van der Waals surface area contributed by atoms with Gasteiger partial charge in [0.05, 0.1) is 6.26 Å². The molecule has 1 atom stereocenters. The van der Waals surface area contributed by atoms with Crippen molar-refractivity contribution < 1.29 is 14.3 Å². The van der Waals surface area contributed by atoms with Gasteiger partial charge in [-0.2, -0.15) is 0 Å². The minimum atomic E-state index is -0.628. The summed E-state index contributed by atoms with van der Waals surface area (Å²) in [7, 11) is 0. The highest BCUT2D eigenvalue weighted by Gasteiger charge is 2.24. The maximum Gasteiger partial charge on any atom is 0.223 e. The molecule has 1 aliphatic rings. The van der Waals surface area contributed by atoms with Crippen LogP contribution in [0.25, 0.3) is 0 Å². The number of carbonyl (C=O) groups excluding carboxylic acids is 1. The second-order valence-electron chi connectivity index (χ2n) is 4.24. The van der Waals surface area contributed by atoms with E-state index in [0.717, 1.165) is 19.3 Å². The van der Waals surface area contributed by atoms with Crippen LogP contribution in [0.2, 0.25) is 0 Å². The van der Waals surface area contributed by atoms with Crippen molar-refractivity contribution in [2.24, 2.45) is 5.92 Å². The number of nitrogens with one attached hydrogen (secondary N) is 1. The summed E-state index contributed by atoms with van der Waals surface area (Å²) in [6, 6.07) is 3.48. The van der Waals surface area contributed by atoms with Crippen molar-refractivity contribution in [1.29, 1.82) is 0 Å². The van der Waals surface area contributed by atoms with Crippen LogP contribution in [-0.4, -0.2) is 17.6 Å². The lowest BCUT2D eigenvalue weighted by Crippen LogP contribution is -2.35. The molecule has 1 saturated carbocycles. The SMILES string of the molecule is O=C(NCC[C@H](O)c1ccco1)C1CCC1. The summed E-state index contributed by atoms with van der Waals surface area (Å²) in [5, 5.41) is 12.5. The van der Waals surface area contributed by atoms with Gasteiger partial charge in [0.15, 0.2) is 0 Å². The van der Waals surface area contributed by atoms with E-state index in [0.29, 0.717) is 18.7 Å². The quantitative estimate of drug-likeness (QED) is 0.797. The Morgan fingerprint density at radius 2 is 2.44 bits per heavy atom. The van der Waals surface area contributed by atoms with E-state index >= 15 is 0 Å². The molecule has 88 valence electrons. The molecule has 0 saturated heterocycles. The molecule has 0 bridgehead atoms. The zero-order valence-corrected chi connectivity index (χ0v) is 9.19. The molecule has 4 heteroatoms. The fourth-order valence-corrected chi connectivity index (χ4v) is 1.77. The van der Waals surface area contributed by atoms with Crippen LogP contribution in [0.3, 0.4) is 0 Å². The van der Waals surface area contributed by atoms with Gasteiger partial charge in [0.1, 0.15) is 11.9 Å². The number of hydrogen-bond donors (Lipinski definition) is 2. The van der Waals surface area contributed by atoms with Gasteiger partial charge in [-0.3, -0.25) is 4.79 Å². The lowest BCUT2D eigenvalue weighted by Gasteiger charge is -2.24. The molecule has 2 N–H and O–H groups in total. The second kappa shape index (κ2) is 5.16. The second-order valence-corrected chi connectivity index (χ2v) is 4.24. The molecule has 0 radical (unpaired) electrons. The van der Waals surface area contributed by atoms with Crippen LogP contribution in [0.15, 0.2) is 22.8 Å². The van der Waals surface area contributed by atoms with Crippen molar-refractivity contribution in [3.05, 3.63) is 24.2 Å². The van der Waals surface area contributed by atoms with Crippen LogP contribution >= 0.6 is 0 Å². The predicted molar refractivity (Wildman–Crippen MR) is 58.6 cm³/mol. The minimum Gasteiger partial charge on any atom is -0.467 e. The lowest BCUT2D eigenvalue weighted by atomic mass is 9.85. The minimum absolute atomic E-state index is 0.123. The Hall–Kier alpha value is -1.29. The first kappa shape index (κ1) is 11.2. The van der Waals surface area contributed by atoms with Crippen molar-refractivity contribution >= 4 is 5.91 Å². The van der Waals surface area contributed by atoms with Crippen LogP contribution in [0.5, 0.6) is 0 Å². The van der Waals surface area contributed by atoms with Crippen LogP contribution in [0, 0.1) is 5.92 Å². The van der Waals surface area contributed by atoms with Gasteiger partial charge in [0.2, 0.25) is 5.91 Å². The first-order valence-electron chi connectivity index (χ1n) is 5.76. The third kappa shape index (κ3) is 2.64. The van der Waals surface area contributed by atoms with E-state index in [-0.39, 0.29) is 11.8 Å². The number of carbonyl (C=O) groups is 1. The molecule has 4 nitrogen and oxygen atoms in total. The molecule has 1 aliphatic carbocycles. The summed E-state index contributed by atoms with van der Waals surface area (Å²) < 4.78 is 5.07. The Balaban J connectivity index is 1.65. The van der Waals surface area contributed by atoms with Gasteiger partial charge < -0.3 is 14.8 Å². The zero-order valence-electron chi connectivity index (χ0n) is 9.19. The van der Waals surface area contributed by atoms with Crippen molar-refractivity contribution in [1.82, 2.24) is 5.32 Å². The Morgan fingerprint density at radius 3 is 3.00 bits per heavy atom. The van der Waals surface area contributed by atoms with Crippen molar-refractivity contribution in [3.8, 4) is 0 Å². The summed E-state index contributed by atoms with van der Waals surface area (Å²) >= 11 is 0. The molecule has 1 aromatic rings. The van der Waals surface area contributed by atoms with Crippen molar-refractivity contribution in [3.63, 3.8) is 0 Å². The molecule has 2 rings (SSSR count). The number of hydrogen-bond acceptors (Lipinski definition) is 3. The normalized spacial score (nSPS) is 17.8. The highest BCUT2D eigenvalue weighted by atomic mass is 16.4. The highest BCUT2D eigenvalue weighted by molar-refractivity contribution is 5.79. The maximum atomic E-state index is 11.5. The standard InChI is InChI=1S/C12H17NO3/c14-10(11-5-2-8-16-11)6-7-13-12(15)9-3-1-4-9/h2,5,8-10,14H,1,3-4,6-7H2,(H,13,15)/t10-/m0/s1. The van der Waals surface area contributed by atoms with E-state index in [1.54, 1.807) is 12.1 Å². The number of rotatable bonds is 5. The van der Waals surface area contributed by atoms with Crippen molar-refractivity contribution in [2.75, 3.05) is 6.54 Å². The van der Waals surface area contributed by atoms with E-state index in [1.807, 2.05) is 0 Å². The molecular formula is C12H17NO3. The number of amides is 1. The van der Waals surface area contributed by atoms with Crippen LogP contribution in [0.1, 0.15) is 37.5 Å². The van der Waals surface area contributed by atoms with Crippen LogP contribution in [-0.2, 0) is 4.79 Å². The van der Waals surface area contributed by atoms with Gasteiger partial charge in [-0.1, -0.05) is 6.42 Å². The van der Waals surface area contributed by atoms with Gasteiger partial charge in [-0.05, 0) is 31.4 Å². The predicted octanol–water partition coefficient (Wildman–Crippen LogP) is 1.62. The third-order valence-electron chi connectivity index (χ3n) is 3.06. The summed E-state index contributed by atoms with van der Waals surface area (Å²) in [5.74, 6) is 0.886. The average molecular weight is 223 g/mol. The average Bonchev–Trinajstić information content (AvgIpc) is 2.67. The maximum absolute atomic E-state index is 11.5. The highest BCUT2D eigenvalue weighted by Crippen LogP contribution is 2.26. The van der Waals surface area contributed by atoms with Crippen molar-refractivity contribution in [2.45, 2.75) is 31.8 Å². The summed E-state index contributed by atoms with van der Waals surface area (Å²) in [5.41, 5.74) is 0. The monoisotopic (exact) mass is 223 g/mol. The molecular weight excluding hydrogens is 206 g/mol. The van der Waals surface area contributed by atoms with Gasteiger partial charge >= 0.3 is 0 Å². The van der Waals surface area contributed by atoms with Gasteiger partial charge in [0.25, 0.3) is 0 Å². The number of aliphatic hydroxyl groups is 1. The van der Waals surface area contributed by atoms with E-state index in [1.165, 1.54) is 6.26 Å². The first-order chi connectivity index (χ1) is 7.77. The largest absolute Gasteiger partial charge is 0.467 e. The van der Waals surface area contributed by atoms with E-state index < -0.39 is 6.10 Å². The molecule has 0 unspecified atom stereocenters. The molecule has 0 spiro atoms. The Kier molecular flexibility index (Phi) is 3.62. The Bertz CT molecular complexity index is 330. The Labute approximate surface area is 94.6 Å². The summed E-state index contributed by atoms with van der Waals surface area (Å²) in [6.45, 7) is 0.497. The van der Waals surface area contributed by atoms with E-state index in [2.05, 4.69) is 5.32 Å². The first-order valence-corrected chi connectivity index (χ1v) is 5.76. The van der Waals surface area contributed by atoms with E-state index in [9.17, 15) is 9.90 Å². The molecule has 16 heavy (non-hydrogen) atoms. The topological polar surface area (TPSA) is 62.5 Å². The zero-order chi connectivity index (χ0) is 11.4. The smallest absolute Gasteiger partial charge is 0.223 e. The fourth-order valence-electron chi connectivity index (χ4n) is 1.77. The molecule has 0 aliphatic heterocycles. The lowest BCUT2D eigenvalue weighted by molar-refractivity contribution is -0.127. The summed E-state index contributed by atoms with van der Waals surface area (Å²) in [4.78, 5) is 11.5. The van der Waals surface area contributed by atoms with E-state index in [4.69, 9.17) is 4.42 Å². The van der Waals surface area contributed by atoms with Gasteiger partial charge in [-0.15, -0.1) is 0 Å². The molecule has 1 heterocycles. The van der Waals surface area contributed by atoms with Gasteiger partial charge in [0, 0.05) is 12.5 Å².